The van der Waals surface area contributed by atoms with Crippen molar-refractivity contribution in [1.82, 2.24) is 0 Å². The number of rotatable bonds is 2. The van der Waals surface area contributed by atoms with E-state index in [0.717, 1.165) is 0 Å². The molecule has 21 heavy (non-hydrogen) atoms. The minimum absolute atomic E-state index is 0.0533. The van der Waals surface area contributed by atoms with Gasteiger partial charge in [0.1, 0.15) is 18.0 Å². The lowest BCUT2D eigenvalue weighted by atomic mass is 9.89. The molecule has 0 fully saturated rings. The van der Waals surface area contributed by atoms with Crippen molar-refractivity contribution in [1.29, 1.82) is 0 Å². The summed E-state index contributed by atoms with van der Waals surface area (Å²) in [5, 5.41) is 10.5. The van der Waals surface area contributed by atoms with Gasteiger partial charge in [-0.1, -0.05) is 18.2 Å². The van der Waals surface area contributed by atoms with Crippen LogP contribution in [0.15, 0.2) is 29.8 Å². The number of carbonyl (C=O) groups is 2. The van der Waals surface area contributed by atoms with Gasteiger partial charge in [0.2, 0.25) is 0 Å². The van der Waals surface area contributed by atoms with Crippen LogP contribution in [0, 0.1) is 0 Å². The van der Waals surface area contributed by atoms with Crippen LogP contribution in [0.3, 0.4) is 0 Å². The van der Waals surface area contributed by atoms with Crippen LogP contribution in [0.2, 0.25) is 0 Å². The van der Waals surface area contributed by atoms with E-state index >= 15 is 0 Å². The summed E-state index contributed by atoms with van der Waals surface area (Å²) in [6, 6.07) is 6.69. The highest BCUT2D eigenvalue weighted by molar-refractivity contribution is 6.24. The molecule has 1 aliphatic heterocycles. The number of aliphatic hydroxyl groups is 1. The standard InChI is InChI=1S/C15H16O6/c1-15(18)8-21-10-7-5-4-6-9(10)11(13(16)19-2)12(15)14(17)20-3/h4-7,18H,8H2,1-3H3. The van der Waals surface area contributed by atoms with Gasteiger partial charge in [0, 0.05) is 5.56 Å². The van der Waals surface area contributed by atoms with Crippen molar-refractivity contribution in [2.75, 3.05) is 20.8 Å². The number of hydrogen-bond donors (Lipinski definition) is 1. The van der Waals surface area contributed by atoms with Crippen LogP contribution in [0.5, 0.6) is 5.75 Å². The fraction of sp³-hybridized carbons (Fsp3) is 0.333. The summed E-state index contributed by atoms with van der Waals surface area (Å²) in [7, 11) is 2.38. The van der Waals surface area contributed by atoms with E-state index in [2.05, 4.69) is 0 Å². The highest BCUT2D eigenvalue weighted by Crippen LogP contribution is 2.37. The van der Waals surface area contributed by atoms with Crippen molar-refractivity contribution in [2.24, 2.45) is 0 Å². The van der Waals surface area contributed by atoms with Gasteiger partial charge in [0.05, 0.1) is 25.4 Å². The van der Waals surface area contributed by atoms with Gasteiger partial charge in [-0.15, -0.1) is 0 Å². The summed E-state index contributed by atoms with van der Waals surface area (Å²) in [6.07, 6.45) is 0. The first-order valence-electron chi connectivity index (χ1n) is 6.28. The second-order valence-corrected chi connectivity index (χ2v) is 4.79. The SMILES string of the molecule is COC(=O)C1=C(C(=O)OC)C(C)(O)COc2ccccc21. The molecule has 1 aromatic carbocycles. The molecule has 0 aliphatic carbocycles. The maximum absolute atomic E-state index is 12.1. The van der Waals surface area contributed by atoms with Gasteiger partial charge in [-0.2, -0.15) is 0 Å². The lowest BCUT2D eigenvalue weighted by Crippen LogP contribution is -2.38. The fourth-order valence-electron chi connectivity index (χ4n) is 2.23. The zero-order valence-corrected chi connectivity index (χ0v) is 12.0. The molecule has 0 spiro atoms. The van der Waals surface area contributed by atoms with Crippen molar-refractivity contribution >= 4 is 17.5 Å². The molecule has 112 valence electrons. The predicted octanol–water partition coefficient (Wildman–Crippen LogP) is 0.930. The number of fused-ring (bicyclic) bond motifs is 1. The van der Waals surface area contributed by atoms with Crippen LogP contribution < -0.4 is 4.74 Å². The number of carbonyl (C=O) groups excluding carboxylic acids is 2. The molecule has 1 heterocycles. The van der Waals surface area contributed by atoms with Crippen LogP contribution in [0.1, 0.15) is 12.5 Å². The predicted molar refractivity (Wildman–Crippen MR) is 73.5 cm³/mol. The monoisotopic (exact) mass is 292 g/mol. The molecule has 0 bridgehead atoms. The summed E-state index contributed by atoms with van der Waals surface area (Å²) in [6.45, 7) is 1.20. The van der Waals surface area contributed by atoms with Gasteiger partial charge in [-0.05, 0) is 13.0 Å². The molecule has 6 heteroatoms. The Morgan fingerprint density at radius 3 is 2.43 bits per heavy atom. The van der Waals surface area contributed by atoms with Gasteiger partial charge < -0.3 is 19.3 Å². The zero-order valence-electron chi connectivity index (χ0n) is 12.0. The smallest absolute Gasteiger partial charge is 0.339 e. The number of hydrogen-bond acceptors (Lipinski definition) is 6. The third-order valence-electron chi connectivity index (χ3n) is 3.23. The Bertz CT molecular complexity index is 614. The number of para-hydroxylation sites is 1. The first-order chi connectivity index (χ1) is 9.92. The Balaban J connectivity index is 2.81. The Morgan fingerprint density at radius 1 is 1.19 bits per heavy atom. The molecular formula is C15H16O6. The van der Waals surface area contributed by atoms with Crippen molar-refractivity contribution in [2.45, 2.75) is 12.5 Å². The average Bonchev–Trinajstić information content (AvgIpc) is 2.60. The molecule has 0 aromatic heterocycles. The molecule has 1 aliphatic rings. The van der Waals surface area contributed by atoms with Crippen LogP contribution in [0.4, 0.5) is 0 Å². The molecule has 6 nitrogen and oxygen atoms in total. The quantitative estimate of drug-likeness (QED) is 0.817. The van der Waals surface area contributed by atoms with Gasteiger partial charge in [0.15, 0.2) is 0 Å². The Morgan fingerprint density at radius 2 is 1.81 bits per heavy atom. The molecule has 1 aromatic rings. The van der Waals surface area contributed by atoms with E-state index < -0.39 is 17.5 Å². The van der Waals surface area contributed by atoms with Gasteiger partial charge in [0.25, 0.3) is 0 Å². The van der Waals surface area contributed by atoms with Crippen LogP contribution in [-0.2, 0) is 19.1 Å². The molecule has 0 saturated heterocycles. The summed E-state index contributed by atoms with van der Waals surface area (Å²) < 4.78 is 15.0. The summed E-state index contributed by atoms with van der Waals surface area (Å²) in [4.78, 5) is 24.2. The third kappa shape index (κ3) is 2.62. The first kappa shape index (κ1) is 15.1. The minimum atomic E-state index is -1.68. The van der Waals surface area contributed by atoms with Gasteiger partial charge >= 0.3 is 11.9 Å². The van der Waals surface area contributed by atoms with Crippen LogP contribution >= 0.6 is 0 Å². The summed E-state index contributed by atoms with van der Waals surface area (Å²) in [5.41, 5.74) is -1.54. The highest BCUT2D eigenvalue weighted by atomic mass is 16.5. The minimum Gasteiger partial charge on any atom is -0.490 e. The number of esters is 2. The van der Waals surface area contributed by atoms with E-state index in [1.54, 1.807) is 24.3 Å². The number of methoxy groups -OCH3 is 2. The summed E-state index contributed by atoms with van der Waals surface area (Å²) >= 11 is 0. The van der Waals surface area contributed by atoms with E-state index in [4.69, 9.17) is 14.2 Å². The van der Waals surface area contributed by atoms with E-state index in [9.17, 15) is 14.7 Å². The molecule has 0 amide bonds. The maximum Gasteiger partial charge on any atom is 0.339 e. The van der Waals surface area contributed by atoms with E-state index in [-0.39, 0.29) is 17.8 Å². The normalized spacial score (nSPS) is 21.0. The third-order valence-corrected chi connectivity index (χ3v) is 3.23. The Kier molecular flexibility index (Phi) is 3.99. The van der Waals surface area contributed by atoms with E-state index in [1.807, 2.05) is 0 Å². The molecule has 2 rings (SSSR count). The molecule has 0 radical (unpaired) electrons. The van der Waals surface area contributed by atoms with Crippen molar-refractivity contribution in [3.63, 3.8) is 0 Å². The van der Waals surface area contributed by atoms with Crippen molar-refractivity contribution in [3.05, 3.63) is 35.4 Å². The molecule has 0 saturated carbocycles. The molecule has 1 unspecified atom stereocenters. The van der Waals surface area contributed by atoms with Crippen LogP contribution in [0.25, 0.3) is 5.57 Å². The maximum atomic E-state index is 12.1. The first-order valence-corrected chi connectivity index (χ1v) is 6.28. The lowest BCUT2D eigenvalue weighted by molar-refractivity contribution is -0.140. The highest BCUT2D eigenvalue weighted by Gasteiger charge is 2.41. The fourth-order valence-corrected chi connectivity index (χ4v) is 2.23. The molecule has 1 N–H and O–H groups in total. The Labute approximate surface area is 121 Å². The zero-order chi connectivity index (χ0) is 15.6. The second-order valence-electron chi connectivity index (χ2n) is 4.79. The topological polar surface area (TPSA) is 82.1 Å². The number of ether oxygens (including phenoxy) is 3. The summed E-state index contributed by atoms with van der Waals surface area (Å²) in [5.74, 6) is -1.16. The number of benzene rings is 1. The van der Waals surface area contributed by atoms with E-state index in [0.29, 0.717) is 11.3 Å². The van der Waals surface area contributed by atoms with E-state index in [1.165, 1.54) is 21.1 Å². The van der Waals surface area contributed by atoms with Gasteiger partial charge in [-0.25, -0.2) is 9.59 Å². The largest absolute Gasteiger partial charge is 0.490 e. The lowest BCUT2D eigenvalue weighted by Gasteiger charge is -2.23. The van der Waals surface area contributed by atoms with Crippen molar-refractivity contribution < 1.29 is 28.9 Å². The second kappa shape index (κ2) is 5.57. The van der Waals surface area contributed by atoms with Crippen LogP contribution in [-0.4, -0.2) is 43.5 Å². The molecule has 1 atom stereocenters. The Hall–Kier alpha value is -2.34. The van der Waals surface area contributed by atoms with Gasteiger partial charge in [-0.3, -0.25) is 0 Å². The molecular weight excluding hydrogens is 276 g/mol. The average molecular weight is 292 g/mol. The van der Waals surface area contributed by atoms with Crippen molar-refractivity contribution in [3.8, 4) is 5.75 Å².